The van der Waals surface area contributed by atoms with Crippen molar-refractivity contribution in [3.8, 4) is 0 Å². The van der Waals surface area contributed by atoms with Crippen LogP contribution in [-0.4, -0.2) is 51.5 Å². The predicted molar refractivity (Wildman–Crippen MR) is 155 cm³/mol. The van der Waals surface area contributed by atoms with Crippen molar-refractivity contribution in [2.45, 2.75) is 23.5 Å². The summed E-state index contributed by atoms with van der Waals surface area (Å²) >= 11 is 8.94. The van der Waals surface area contributed by atoms with Crippen molar-refractivity contribution in [1.29, 1.82) is 0 Å². The smallest absolute Gasteiger partial charge is 0.307 e. The molecule has 0 saturated heterocycles. The normalized spacial score (nSPS) is 12.1. The number of nitrogens with two attached hydrogens (primary N) is 2. The van der Waals surface area contributed by atoms with Crippen LogP contribution in [-0.2, 0) is 23.9 Å². The van der Waals surface area contributed by atoms with Gasteiger partial charge in [-0.2, -0.15) is 0 Å². The van der Waals surface area contributed by atoms with Crippen molar-refractivity contribution < 1.29 is 29.0 Å². The highest BCUT2D eigenvalue weighted by molar-refractivity contribution is 8.16. The Morgan fingerprint density at radius 3 is 2.33 bits per heavy atom. The lowest BCUT2D eigenvalue weighted by molar-refractivity contribution is -0.159. The average Bonchev–Trinajstić information content (AvgIpc) is 2.89. The molecule has 2 aromatic carbocycles. The Morgan fingerprint density at radius 1 is 0.949 bits per heavy atom. The molecule has 0 fully saturated rings. The third-order valence-electron chi connectivity index (χ3n) is 5.23. The summed E-state index contributed by atoms with van der Waals surface area (Å²) in [6.45, 7) is 0. The van der Waals surface area contributed by atoms with E-state index < -0.39 is 29.9 Å². The number of carbonyl (C=O) groups excluding carboxylic acids is 3. The summed E-state index contributed by atoms with van der Waals surface area (Å²) in [5, 5.41) is 10.6. The van der Waals surface area contributed by atoms with Crippen LogP contribution in [0.2, 0.25) is 5.02 Å². The van der Waals surface area contributed by atoms with Gasteiger partial charge >= 0.3 is 11.9 Å². The van der Waals surface area contributed by atoms with Crippen LogP contribution in [0, 0.1) is 0 Å². The van der Waals surface area contributed by atoms with Gasteiger partial charge in [0, 0.05) is 21.9 Å². The molecule has 0 aliphatic heterocycles. The Hall–Kier alpha value is -3.54. The minimum Gasteiger partial charge on any atom is -0.481 e. The van der Waals surface area contributed by atoms with Gasteiger partial charge in [-0.1, -0.05) is 48.0 Å². The molecule has 5 N–H and O–H groups in total. The maximum atomic E-state index is 12.1. The van der Waals surface area contributed by atoms with Crippen LogP contribution in [0.1, 0.15) is 34.2 Å². The number of hydrogen-bond acceptors (Lipinski definition) is 8. The summed E-state index contributed by atoms with van der Waals surface area (Å²) < 4.78 is 4.61. The molecule has 1 atom stereocenters. The number of fused-ring (bicyclic) bond motifs is 1. The number of nitrogens with zero attached hydrogens (tertiary/aromatic N) is 1. The number of aromatic nitrogens is 1. The maximum Gasteiger partial charge on any atom is 0.307 e. The Kier molecular flexibility index (Phi) is 11.2. The summed E-state index contributed by atoms with van der Waals surface area (Å²) in [7, 11) is 0. The van der Waals surface area contributed by atoms with Crippen molar-refractivity contribution >= 4 is 81.9 Å². The number of primary amides is 2. The van der Waals surface area contributed by atoms with Crippen molar-refractivity contribution in [1.82, 2.24) is 4.98 Å². The van der Waals surface area contributed by atoms with Gasteiger partial charge in [-0.05, 0) is 41.5 Å². The van der Waals surface area contributed by atoms with Gasteiger partial charge < -0.3 is 21.3 Å². The average molecular weight is 588 g/mol. The lowest BCUT2D eigenvalue weighted by Crippen LogP contribution is -2.43. The topological polar surface area (TPSA) is 163 Å². The standard InChI is InChI=1S/C27H26ClN3O6S2/c28-19-7-5-17-6-9-20(31-21(17)15-19)8-4-16-2-1-3-18(14-16)27(38-12-10-22(32)33)39-13-11-23(34)37-24(25(29)35)26(30)36/h1-9,14-15,24,27H,10-13H2,(H2,29,35)(H2,30,36)(H,32,33). The zero-order valence-corrected chi connectivity index (χ0v) is 23.0. The summed E-state index contributed by atoms with van der Waals surface area (Å²) in [5.41, 5.74) is 13.5. The number of pyridine rings is 1. The third kappa shape index (κ3) is 9.61. The van der Waals surface area contributed by atoms with E-state index in [2.05, 4.69) is 4.98 Å². The highest BCUT2D eigenvalue weighted by atomic mass is 35.5. The van der Waals surface area contributed by atoms with Gasteiger partial charge in [-0.3, -0.25) is 19.2 Å². The minimum absolute atomic E-state index is 0.0140. The quantitative estimate of drug-likeness (QED) is 0.142. The third-order valence-corrected chi connectivity index (χ3v) is 8.31. The Balaban J connectivity index is 1.70. The van der Waals surface area contributed by atoms with Gasteiger partial charge in [-0.15, -0.1) is 23.5 Å². The molecule has 2 amide bonds. The summed E-state index contributed by atoms with van der Waals surface area (Å²) in [6, 6.07) is 17.2. The van der Waals surface area contributed by atoms with Gasteiger partial charge in [0.15, 0.2) is 0 Å². The second kappa shape index (κ2) is 14.6. The first-order chi connectivity index (χ1) is 18.6. The van der Waals surface area contributed by atoms with Crippen LogP contribution in [0.25, 0.3) is 23.1 Å². The first-order valence-electron chi connectivity index (χ1n) is 11.7. The fourth-order valence-corrected chi connectivity index (χ4v) is 6.19. The number of thioether (sulfide) groups is 2. The van der Waals surface area contributed by atoms with Crippen LogP contribution >= 0.6 is 35.1 Å². The molecular formula is C27H26ClN3O6S2. The molecule has 3 rings (SSSR count). The molecule has 0 saturated carbocycles. The molecule has 9 nitrogen and oxygen atoms in total. The number of hydrogen-bond donors (Lipinski definition) is 3. The number of rotatable bonds is 14. The minimum atomic E-state index is -1.82. The lowest BCUT2D eigenvalue weighted by Gasteiger charge is -2.17. The van der Waals surface area contributed by atoms with E-state index in [9.17, 15) is 19.2 Å². The summed E-state index contributed by atoms with van der Waals surface area (Å²) in [6.07, 6.45) is 1.88. The number of benzene rings is 2. The van der Waals surface area contributed by atoms with E-state index in [0.717, 1.165) is 27.7 Å². The lowest BCUT2D eigenvalue weighted by atomic mass is 10.1. The van der Waals surface area contributed by atoms with E-state index in [4.69, 9.17) is 32.9 Å². The largest absolute Gasteiger partial charge is 0.481 e. The monoisotopic (exact) mass is 587 g/mol. The molecular weight excluding hydrogens is 562 g/mol. The zero-order valence-electron chi connectivity index (χ0n) is 20.6. The fourth-order valence-electron chi connectivity index (χ4n) is 3.38. The van der Waals surface area contributed by atoms with Crippen LogP contribution in [0.5, 0.6) is 0 Å². The molecule has 0 spiro atoms. The molecule has 1 aromatic heterocycles. The number of carbonyl (C=O) groups is 4. The van der Waals surface area contributed by atoms with E-state index in [0.29, 0.717) is 10.8 Å². The molecule has 39 heavy (non-hydrogen) atoms. The number of aliphatic carboxylic acids is 1. The molecule has 1 heterocycles. The Morgan fingerprint density at radius 2 is 1.64 bits per heavy atom. The van der Waals surface area contributed by atoms with Gasteiger partial charge in [0.2, 0.25) is 0 Å². The number of carboxylic acid groups (broad SMARTS) is 1. The van der Waals surface area contributed by atoms with E-state index >= 15 is 0 Å². The van der Waals surface area contributed by atoms with Gasteiger partial charge in [0.25, 0.3) is 17.9 Å². The number of halogens is 1. The summed E-state index contributed by atoms with van der Waals surface area (Å²) in [5.74, 6) is -3.32. The number of carboxylic acids is 1. The van der Waals surface area contributed by atoms with Crippen molar-refractivity contribution in [3.05, 3.63) is 76.4 Å². The van der Waals surface area contributed by atoms with E-state index in [1.54, 1.807) is 0 Å². The fraction of sp³-hybridized carbons (Fsp3) is 0.222. The molecule has 0 aliphatic carbocycles. The van der Waals surface area contributed by atoms with E-state index in [1.165, 1.54) is 23.5 Å². The van der Waals surface area contributed by atoms with Crippen molar-refractivity contribution in [2.75, 3.05) is 11.5 Å². The van der Waals surface area contributed by atoms with Crippen LogP contribution < -0.4 is 11.5 Å². The molecule has 12 heteroatoms. The predicted octanol–water partition coefficient (Wildman–Crippen LogP) is 4.27. The van der Waals surface area contributed by atoms with E-state index in [1.807, 2.05) is 66.7 Å². The SMILES string of the molecule is NC(=O)C(OC(=O)CCSC(SCCC(=O)O)c1cccc(C=Cc2ccc3ccc(Cl)cc3n2)c1)C(N)=O. The second-order valence-electron chi connectivity index (χ2n) is 8.22. The van der Waals surface area contributed by atoms with Gasteiger partial charge in [0.05, 0.1) is 28.6 Å². The van der Waals surface area contributed by atoms with Crippen molar-refractivity contribution in [2.24, 2.45) is 11.5 Å². The molecule has 0 bridgehead atoms. The van der Waals surface area contributed by atoms with Crippen molar-refractivity contribution in [3.63, 3.8) is 0 Å². The molecule has 0 aliphatic rings. The number of amides is 2. The first kappa shape index (κ1) is 30.0. The van der Waals surface area contributed by atoms with Crippen LogP contribution in [0.4, 0.5) is 0 Å². The van der Waals surface area contributed by atoms with Crippen LogP contribution in [0.15, 0.2) is 54.6 Å². The maximum absolute atomic E-state index is 12.1. The number of esters is 1. The highest BCUT2D eigenvalue weighted by Crippen LogP contribution is 2.40. The van der Waals surface area contributed by atoms with Crippen LogP contribution in [0.3, 0.4) is 0 Å². The first-order valence-corrected chi connectivity index (χ1v) is 14.2. The molecule has 3 aromatic rings. The highest BCUT2D eigenvalue weighted by Gasteiger charge is 2.26. The second-order valence-corrected chi connectivity index (χ2v) is 11.4. The van der Waals surface area contributed by atoms with Gasteiger partial charge in [0.1, 0.15) is 0 Å². The Labute approximate surface area is 238 Å². The van der Waals surface area contributed by atoms with Gasteiger partial charge in [-0.25, -0.2) is 4.98 Å². The molecule has 204 valence electrons. The zero-order chi connectivity index (χ0) is 28.4. The summed E-state index contributed by atoms with van der Waals surface area (Å²) in [4.78, 5) is 50.2. The van der Waals surface area contributed by atoms with E-state index in [-0.39, 0.29) is 23.2 Å². The Bertz CT molecular complexity index is 1390. The molecule has 1 unspecified atom stereocenters. The molecule has 0 radical (unpaired) electrons. The number of ether oxygens (including phenoxy) is 1.